The average Bonchev–Trinajstić information content (AvgIpc) is 2.63. The third kappa shape index (κ3) is 20.3. The van der Waals surface area contributed by atoms with Crippen molar-refractivity contribution in [3.63, 3.8) is 0 Å². The van der Waals surface area contributed by atoms with Gasteiger partial charge in [-0.05, 0) is 44.9 Å². The molecule has 3 N–H and O–H groups in total. The quantitative estimate of drug-likeness (QED) is 0.199. The van der Waals surface area contributed by atoms with Crippen LogP contribution in [0.1, 0.15) is 64.7 Å². The summed E-state index contributed by atoms with van der Waals surface area (Å²) in [6.07, 6.45) is 25.0. The van der Waals surface area contributed by atoms with Crippen LogP contribution in [0.2, 0.25) is 0 Å². The van der Waals surface area contributed by atoms with Crippen molar-refractivity contribution in [3.05, 3.63) is 60.8 Å². The summed E-state index contributed by atoms with van der Waals surface area (Å²) in [7, 11) is 0. The van der Waals surface area contributed by atoms with Crippen molar-refractivity contribution in [2.75, 3.05) is 0 Å². The predicted octanol–water partition coefficient (Wildman–Crippen LogP) is 5.10. The number of unbranched alkanes of at least 4 members (excludes halogenated alkanes) is 3. The topological polar surface area (TPSA) is 77.8 Å². The highest BCUT2D eigenvalue weighted by Gasteiger charge is 1.97. The van der Waals surface area contributed by atoms with Gasteiger partial charge in [0.25, 0.3) is 0 Å². The summed E-state index contributed by atoms with van der Waals surface area (Å²) in [5.41, 5.74) is 0. The molecule has 0 saturated carbocycles. The molecule has 0 aliphatic heterocycles. The zero-order chi connectivity index (χ0) is 20.2. The number of aliphatic hydroxyl groups is 2. The maximum Gasteiger partial charge on any atom is 0.303 e. The Morgan fingerprint density at radius 1 is 0.815 bits per heavy atom. The smallest absolute Gasteiger partial charge is 0.303 e. The molecule has 0 aromatic rings. The highest BCUT2D eigenvalue weighted by atomic mass is 16.4. The molecule has 0 bridgehead atoms. The molecule has 2 unspecified atom stereocenters. The summed E-state index contributed by atoms with van der Waals surface area (Å²) in [5.74, 6) is -0.734. The van der Waals surface area contributed by atoms with Gasteiger partial charge in [-0.25, -0.2) is 0 Å². The molecule has 0 spiro atoms. The van der Waals surface area contributed by atoms with Crippen LogP contribution in [0.5, 0.6) is 0 Å². The Bertz CT molecular complexity index is 501. The first-order valence-electron chi connectivity index (χ1n) is 9.94. The molecule has 0 heterocycles. The second kappa shape index (κ2) is 18.9. The van der Waals surface area contributed by atoms with E-state index in [1.807, 2.05) is 48.6 Å². The molecular weight excluding hydrogens is 340 g/mol. The van der Waals surface area contributed by atoms with E-state index in [1.165, 1.54) is 0 Å². The first-order valence-corrected chi connectivity index (χ1v) is 9.94. The van der Waals surface area contributed by atoms with E-state index in [1.54, 1.807) is 6.08 Å². The Labute approximate surface area is 164 Å². The Kier molecular flexibility index (Phi) is 17.5. The Balaban J connectivity index is 3.75. The second-order valence-corrected chi connectivity index (χ2v) is 6.47. The molecule has 2 atom stereocenters. The molecule has 0 aliphatic carbocycles. The SMILES string of the molecule is CC/C=C\CC(O)C/C=C/C=C\C=C/C(O)C/C=C\CCCCCC(=O)O. The van der Waals surface area contributed by atoms with Gasteiger partial charge in [-0.2, -0.15) is 0 Å². The van der Waals surface area contributed by atoms with E-state index in [9.17, 15) is 15.0 Å². The van der Waals surface area contributed by atoms with Crippen LogP contribution in [-0.4, -0.2) is 33.5 Å². The molecule has 27 heavy (non-hydrogen) atoms. The standard InChI is InChI=1S/C23H36O4/c1-2-3-11-16-21(24)17-13-8-6-9-14-19-22(25)18-12-7-4-5-10-15-20-23(26)27/h3,6-9,11-14,19,21-22,24-25H,2,4-5,10,15-18,20H2,1H3,(H,26,27)/b9-6-,11-3-,12-7-,13-8+,19-14-. The number of carboxylic acids is 1. The van der Waals surface area contributed by atoms with Gasteiger partial charge < -0.3 is 15.3 Å². The lowest BCUT2D eigenvalue weighted by atomic mass is 10.1. The van der Waals surface area contributed by atoms with Gasteiger partial charge in [-0.3, -0.25) is 4.79 Å². The first-order chi connectivity index (χ1) is 13.1. The number of carbonyl (C=O) groups is 1. The fraction of sp³-hybridized carbons (Fsp3) is 0.522. The predicted molar refractivity (Wildman–Crippen MR) is 113 cm³/mol. The maximum absolute atomic E-state index is 10.4. The van der Waals surface area contributed by atoms with Crippen LogP contribution in [0.4, 0.5) is 0 Å². The maximum atomic E-state index is 10.4. The molecule has 4 nitrogen and oxygen atoms in total. The van der Waals surface area contributed by atoms with Gasteiger partial charge in [0.05, 0.1) is 12.2 Å². The molecule has 0 aromatic heterocycles. The van der Waals surface area contributed by atoms with E-state index in [2.05, 4.69) is 13.0 Å². The van der Waals surface area contributed by atoms with Crippen molar-refractivity contribution < 1.29 is 20.1 Å². The summed E-state index contributed by atoms with van der Waals surface area (Å²) < 4.78 is 0. The van der Waals surface area contributed by atoms with Gasteiger partial charge in [0, 0.05) is 6.42 Å². The van der Waals surface area contributed by atoms with Crippen LogP contribution in [0.25, 0.3) is 0 Å². The van der Waals surface area contributed by atoms with Crippen molar-refractivity contribution in [2.45, 2.75) is 76.9 Å². The highest BCUT2D eigenvalue weighted by Crippen LogP contribution is 2.05. The van der Waals surface area contributed by atoms with Crippen molar-refractivity contribution in [1.29, 1.82) is 0 Å². The second-order valence-electron chi connectivity index (χ2n) is 6.47. The molecule has 4 heteroatoms. The number of aliphatic carboxylic acids is 1. The summed E-state index contributed by atoms with van der Waals surface area (Å²) in [4.78, 5) is 10.4. The van der Waals surface area contributed by atoms with Gasteiger partial charge >= 0.3 is 5.97 Å². The Morgan fingerprint density at radius 3 is 2.26 bits per heavy atom. The number of rotatable bonds is 16. The number of carboxylic acid groups (broad SMARTS) is 1. The summed E-state index contributed by atoms with van der Waals surface area (Å²) in [6, 6.07) is 0. The van der Waals surface area contributed by atoms with Crippen LogP contribution < -0.4 is 0 Å². The van der Waals surface area contributed by atoms with Crippen molar-refractivity contribution in [1.82, 2.24) is 0 Å². The van der Waals surface area contributed by atoms with E-state index in [0.29, 0.717) is 19.3 Å². The molecule has 0 radical (unpaired) electrons. The lowest BCUT2D eigenvalue weighted by Gasteiger charge is -2.02. The number of allylic oxidation sites excluding steroid dienone is 6. The molecular formula is C23H36O4. The Hall–Kier alpha value is -1.91. The minimum Gasteiger partial charge on any atom is -0.481 e. The van der Waals surface area contributed by atoms with Gasteiger partial charge in [0.2, 0.25) is 0 Å². The van der Waals surface area contributed by atoms with Gasteiger partial charge in [0.15, 0.2) is 0 Å². The number of hydrogen-bond donors (Lipinski definition) is 3. The molecule has 0 saturated heterocycles. The molecule has 0 aromatic carbocycles. The van der Waals surface area contributed by atoms with Crippen molar-refractivity contribution in [2.24, 2.45) is 0 Å². The number of aliphatic hydroxyl groups excluding tert-OH is 2. The van der Waals surface area contributed by atoms with E-state index in [-0.39, 0.29) is 12.5 Å². The van der Waals surface area contributed by atoms with E-state index >= 15 is 0 Å². The first kappa shape index (κ1) is 25.1. The fourth-order valence-electron chi connectivity index (χ4n) is 2.30. The molecule has 152 valence electrons. The third-order valence-electron chi connectivity index (χ3n) is 3.83. The van der Waals surface area contributed by atoms with Crippen LogP contribution in [-0.2, 0) is 4.79 Å². The largest absolute Gasteiger partial charge is 0.481 e. The normalized spacial score (nSPS) is 15.1. The highest BCUT2D eigenvalue weighted by molar-refractivity contribution is 5.66. The molecule has 0 aliphatic rings. The lowest BCUT2D eigenvalue weighted by molar-refractivity contribution is -0.137. The van der Waals surface area contributed by atoms with E-state index < -0.39 is 12.1 Å². The monoisotopic (exact) mass is 376 g/mol. The van der Waals surface area contributed by atoms with Gasteiger partial charge in [-0.15, -0.1) is 0 Å². The van der Waals surface area contributed by atoms with E-state index in [0.717, 1.165) is 32.1 Å². The summed E-state index contributed by atoms with van der Waals surface area (Å²) >= 11 is 0. The third-order valence-corrected chi connectivity index (χ3v) is 3.83. The van der Waals surface area contributed by atoms with Gasteiger partial charge in [-0.1, -0.05) is 74.1 Å². The van der Waals surface area contributed by atoms with Crippen LogP contribution in [0.3, 0.4) is 0 Å². The minimum absolute atomic E-state index is 0.243. The lowest BCUT2D eigenvalue weighted by Crippen LogP contribution is -2.02. The average molecular weight is 377 g/mol. The fourth-order valence-corrected chi connectivity index (χ4v) is 2.30. The summed E-state index contributed by atoms with van der Waals surface area (Å²) in [6.45, 7) is 2.07. The van der Waals surface area contributed by atoms with Crippen molar-refractivity contribution >= 4 is 5.97 Å². The van der Waals surface area contributed by atoms with Crippen molar-refractivity contribution in [3.8, 4) is 0 Å². The molecule has 0 amide bonds. The molecule has 0 rings (SSSR count). The zero-order valence-corrected chi connectivity index (χ0v) is 16.5. The van der Waals surface area contributed by atoms with Crippen LogP contribution in [0, 0.1) is 0 Å². The van der Waals surface area contributed by atoms with E-state index in [4.69, 9.17) is 5.11 Å². The zero-order valence-electron chi connectivity index (χ0n) is 16.5. The molecule has 0 fully saturated rings. The van der Waals surface area contributed by atoms with Gasteiger partial charge in [0.1, 0.15) is 0 Å². The van der Waals surface area contributed by atoms with Crippen LogP contribution in [0.15, 0.2) is 60.8 Å². The number of hydrogen-bond acceptors (Lipinski definition) is 3. The minimum atomic E-state index is -0.734. The Morgan fingerprint density at radius 2 is 1.52 bits per heavy atom. The summed E-state index contributed by atoms with van der Waals surface area (Å²) in [5, 5.41) is 28.1. The van der Waals surface area contributed by atoms with Crippen LogP contribution >= 0.6 is 0 Å².